The van der Waals surface area contributed by atoms with Crippen molar-refractivity contribution in [2.24, 2.45) is 0 Å². The van der Waals surface area contributed by atoms with E-state index in [9.17, 15) is 19.8 Å². The van der Waals surface area contributed by atoms with E-state index in [2.05, 4.69) is 11.2 Å². The lowest BCUT2D eigenvalue weighted by atomic mass is 10.2. The second kappa shape index (κ2) is 5.52. The number of carbonyl (C=O) groups excluding carboxylic acids is 1. The Labute approximate surface area is 98.0 Å². The first-order chi connectivity index (χ1) is 7.95. The topological polar surface area (TPSA) is 110 Å². The van der Waals surface area contributed by atoms with Crippen molar-refractivity contribution in [2.75, 3.05) is 13.1 Å². The zero-order valence-electron chi connectivity index (χ0n) is 9.04. The Morgan fingerprint density at radius 2 is 1.94 bits per heavy atom. The third-order valence-corrected chi connectivity index (χ3v) is 2.46. The predicted molar refractivity (Wildman–Crippen MR) is 57.0 cm³/mol. The van der Waals surface area contributed by atoms with E-state index in [1.54, 1.807) is 0 Å². The summed E-state index contributed by atoms with van der Waals surface area (Å²) in [5.74, 6) is 0.924. The number of nitrogens with one attached hydrogen (secondary N) is 1. The zero-order valence-corrected chi connectivity index (χ0v) is 9.04. The number of aliphatic hydroxyl groups excluding tert-OH is 2. The molecule has 2 amide bonds. The molecule has 3 unspecified atom stereocenters. The fourth-order valence-corrected chi connectivity index (χ4v) is 1.49. The number of aliphatic carboxylic acids is 1. The maximum atomic E-state index is 11.6. The molecule has 7 nitrogen and oxygen atoms in total. The van der Waals surface area contributed by atoms with Crippen LogP contribution in [-0.4, -0.2) is 63.6 Å². The van der Waals surface area contributed by atoms with Crippen LogP contribution in [0.1, 0.15) is 6.42 Å². The van der Waals surface area contributed by atoms with Crippen molar-refractivity contribution in [2.45, 2.75) is 24.7 Å². The average molecular weight is 242 g/mol. The Morgan fingerprint density at radius 1 is 1.41 bits per heavy atom. The van der Waals surface area contributed by atoms with Crippen LogP contribution in [0, 0.1) is 12.3 Å². The number of aliphatic hydroxyl groups is 2. The number of hydrogen-bond donors (Lipinski definition) is 4. The first-order valence-electron chi connectivity index (χ1n) is 5.03. The van der Waals surface area contributed by atoms with E-state index in [0.29, 0.717) is 0 Å². The number of nitrogens with zero attached hydrogens (tertiary/aromatic N) is 1. The van der Waals surface area contributed by atoms with Crippen LogP contribution >= 0.6 is 0 Å². The lowest BCUT2D eigenvalue weighted by Crippen LogP contribution is -2.47. The molecular weight excluding hydrogens is 228 g/mol. The third-order valence-electron chi connectivity index (χ3n) is 2.46. The number of rotatable bonds is 3. The van der Waals surface area contributed by atoms with Crippen LogP contribution in [-0.2, 0) is 4.79 Å². The van der Waals surface area contributed by atoms with Crippen LogP contribution in [0.15, 0.2) is 0 Å². The second-order valence-electron chi connectivity index (χ2n) is 3.79. The molecule has 94 valence electrons. The predicted octanol–water partition coefficient (Wildman–Crippen LogP) is -1.79. The summed E-state index contributed by atoms with van der Waals surface area (Å²) in [6.45, 7) is -0.0647. The highest BCUT2D eigenvalue weighted by molar-refractivity contribution is 5.83. The molecule has 17 heavy (non-hydrogen) atoms. The summed E-state index contributed by atoms with van der Waals surface area (Å²) < 4.78 is 0. The molecule has 0 bridgehead atoms. The summed E-state index contributed by atoms with van der Waals surface area (Å²) in [5.41, 5.74) is 0. The summed E-state index contributed by atoms with van der Waals surface area (Å²) >= 11 is 0. The van der Waals surface area contributed by atoms with E-state index >= 15 is 0 Å². The SMILES string of the molecule is C#CCC(NC(=O)N1CC(O)C(O)C1)C(=O)O. The zero-order chi connectivity index (χ0) is 13.0. The highest BCUT2D eigenvalue weighted by Crippen LogP contribution is 2.10. The van der Waals surface area contributed by atoms with Crippen molar-refractivity contribution in [1.29, 1.82) is 0 Å². The Balaban J connectivity index is 2.54. The first kappa shape index (κ1) is 13.3. The van der Waals surface area contributed by atoms with Crippen molar-refractivity contribution < 1.29 is 24.9 Å². The number of likely N-dealkylation sites (tertiary alicyclic amines) is 1. The molecule has 4 N–H and O–H groups in total. The molecule has 1 aliphatic heterocycles. The largest absolute Gasteiger partial charge is 0.480 e. The number of urea groups is 1. The monoisotopic (exact) mass is 242 g/mol. The van der Waals surface area contributed by atoms with Gasteiger partial charge in [-0.3, -0.25) is 0 Å². The fraction of sp³-hybridized carbons (Fsp3) is 0.600. The van der Waals surface area contributed by atoms with Gasteiger partial charge in [-0.1, -0.05) is 0 Å². The standard InChI is InChI=1S/C10H14N2O5/c1-2-3-6(9(15)16)11-10(17)12-4-7(13)8(14)5-12/h1,6-8,13-14H,3-5H2,(H,11,17)(H,15,16). The lowest BCUT2D eigenvalue weighted by molar-refractivity contribution is -0.139. The highest BCUT2D eigenvalue weighted by Gasteiger charge is 2.33. The first-order valence-corrected chi connectivity index (χ1v) is 5.03. The van der Waals surface area contributed by atoms with Crippen molar-refractivity contribution in [3.8, 4) is 12.3 Å². The minimum absolute atomic E-state index is 0.0323. The number of carboxylic acids is 1. The molecule has 1 heterocycles. The molecular formula is C10H14N2O5. The van der Waals surface area contributed by atoms with Gasteiger partial charge in [0.1, 0.15) is 6.04 Å². The second-order valence-corrected chi connectivity index (χ2v) is 3.79. The van der Waals surface area contributed by atoms with Crippen molar-refractivity contribution in [3.05, 3.63) is 0 Å². The van der Waals surface area contributed by atoms with E-state index < -0.39 is 30.3 Å². The van der Waals surface area contributed by atoms with Gasteiger partial charge in [0.25, 0.3) is 0 Å². The molecule has 3 atom stereocenters. The van der Waals surface area contributed by atoms with Crippen molar-refractivity contribution >= 4 is 12.0 Å². The van der Waals surface area contributed by atoms with Gasteiger partial charge >= 0.3 is 12.0 Å². The van der Waals surface area contributed by atoms with Crippen LogP contribution in [0.3, 0.4) is 0 Å². The lowest BCUT2D eigenvalue weighted by Gasteiger charge is -2.19. The van der Waals surface area contributed by atoms with Gasteiger partial charge in [-0.05, 0) is 0 Å². The summed E-state index contributed by atoms with van der Waals surface area (Å²) in [5, 5.41) is 29.5. The van der Waals surface area contributed by atoms with E-state index in [1.165, 1.54) is 0 Å². The Bertz CT molecular complexity index is 341. The molecule has 0 radical (unpaired) electrons. The Morgan fingerprint density at radius 3 is 2.35 bits per heavy atom. The number of carboxylic acid groups (broad SMARTS) is 1. The highest BCUT2D eigenvalue weighted by atomic mass is 16.4. The van der Waals surface area contributed by atoms with E-state index in [4.69, 9.17) is 11.5 Å². The normalized spacial score (nSPS) is 25.1. The van der Waals surface area contributed by atoms with E-state index in [0.717, 1.165) is 4.90 Å². The van der Waals surface area contributed by atoms with Gasteiger partial charge in [0.05, 0.1) is 25.3 Å². The quantitative estimate of drug-likeness (QED) is 0.437. The molecule has 7 heteroatoms. The maximum Gasteiger partial charge on any atom is 0.327 e. The number of β-amino-alcohol motifs (C(OH)–C–C–N with tert-alkyl or cyclic N) is 2. The summed E-state index contributed by atoms with van der Waals surface area (Å²) in [4.78, 5) is 23.5. The molecule has 0 spiro atoms. The molecule has 0 aliphatic carbocycles. The fourth-order valence-electron chi connectivity index (χ4n) is 1.49. The van der Waals surface area contributed by atoms with E-state index in [-0.39, 0.29) is 19.5 Å². The minimum Gasteiger partial charge on any atom is -0.480 e. The third kappa shape index (κ3) is 3.34. The van der Waals surface area contributed by atoms with Crippen LogP contribution < -0.4 is 5.32 Å². The van der Waals surface area contributed by atoms with Gasteiger partial charge in [-0.25, -0.2) is 9.59 Å². The molecule has 0 aromatic rings. The Hall–Kier alpha value is -1.78. The van der Waals surface area contributed by atoms with Gasteiger partial charge in [0, 0.05) is 6.42 Å². The molecule has 0 aromatic carbocycles. The molecule has 0 saturated carbocycles. The number of amides is 2. The van der Waals surface area contributed by atoms with E-state index in [1.807, 2.05) is 0 Å². The molecule has 1 fully saturated rings. The molecule has 1 aliphatic rings. The molecule has 0 aromatic heterocycles. The summed E-state index contributed by atoms with van der Waals surface area (Å²) in [7, 11) is 0. The molecule has 1 saturated heterocycles. The smallest absolute Gasteiger partial charge is 0.327 e. The van der Waals surface area contributed by atoms with Gasteiger partial charge in [0.2, 0.25) is 0 Å². The van der Waals surface area contributed by atoms with Crippen LogP contribution in [0.4, 0.5) is 4.79 Å². The number of carbonyl (C=O) groups is 2. The summed E-state index contributed by atoms with van der Waals surface area (Å²) in [6, 6.07) is -1.83. The van der Waals surface area contributed by atoms with Crippen LogP contribution in [0.5, 0.6) is 0 Å². The number of terminal acetylenes is 1. The van der Waals surface area contributed by atoms with Gasteiger partial charge < -0.3 is 25.5 Å². The Kier molecular flexibility index (Phi) is 4.31. The minimum atomic E-state index is -1.23. The van der Waals surface area contributed by atoms with Crippen molar-refractivity contribution in [1.82, 2.24) is 10.2 Å². The van der Waals surface area contributed by atoms with Gasteiger partial charge in [-0.15, -0.1) is 12.3 Å². The van der Waals surface area contributed by atoms with Crippen LogP contribution in [0.2, 0.25) is 0 Å². The average Bonchev–Trinajstić information content (AvgIpc) is 2.58. The number of hydrogen-bond acceptors (Lipinski definition) is 4. The van der Waals surface area contributed by atoms with Gasteiger partial charge in [-0.2, -0.15) is 0 Å². The van der Waals surface area contributed by atoms with Gasteiger partial charge in [0.15, 0.2) is 0 Å². The van der Waals surface area contributed by atoms with Crippen LogP contribution in [0.25, 0.3) is 0 Å². The maximum absolute atomic E-state index is 11.6. The molecule has 1 rings (SSSR count). The summed E-state index contributed by atoms with van der Waals surface area (Å²) in [6.07, 6.45) is 2.85. The van der Waals surface area contributed by atoms with Crippen molar-refractivity contribution in [3.63, 3.8) is 0 Å².